The molecule has 0 aromatic heterocycles. The summed E-state index contributed by atoms with van der Waals surface area (Å²) in [5.74, 6) is 1.60. The quantitative estimate of drug-likeness (QED) is 0.447. The Kier molecular flexibility index (Phi) is 5.63. The van der Waals surface area contributed by atoms with Crippen molar-refractivity contribution in [2.75, 3.05) is 20.1 Å². The second kappa shape index (κ2) is 7.01. The van der Waals surface area contributed by atoms with Gasteiger partial charge >= 0.3 is 5.97 Å². The van der Waals surface area contributed by atoms with Crippen LogP contribution in [0.1, 0.15) is 12.8 Å². The van der Waals surface area contributed by atoms with Gasteiger partial charge in [-0.25, -0.2) is 0 Å². The van der Waals surface area contributed by atoms with Crippen molar-refractivity contribution >= 4 is 17.6 Å². The molecule has 0 bridgehead atoms. The molecule has 0 radical (unpaired) electrons. The van der Waals surface area contributed by atoms with Crippen LogP contribution in [0.5, 0.6) is 17.2 Å². The molecule has 0 N–H and O–H groups in total. The molecule has 0 aliphatic carbocycles. The van der Waals surface area contributed by atoms with Crippen LogP contribution in [-0.4, -0.2) is 26.1 Å². The monoisotopic (exact) mass is 258 g/mol. The number of hydrogen-bond acceptors (Lipinski definition) is 4. The van der Waals surface area contributed by atoms with Crippen LogP contribution in [0.2, 0.25) is 0 Å². The first-order valence-corrected chi connectivity index (χ1v) is 5.73. The molecule has 17 heavy (non-hydrogen) atoms. The highest BCUT2D eigenvalue weighted by Gasteiger charge is 2.10. The lowest BCUT2D eigenvalue weighted by atomic mass is 10.3. The predicted molar refractivity (Wildman–Crippen MR) is 65.1 cm³/mol. The number of hydrogen-bond donors (Lipinski definition) is 0. The molecule has 5 heteroatoms. The van der Waals surface area contributed by atoms with E-state index >= 15 is 0 Å². The van der Waals surface area contributed by atoms with E-state index in [0.29, 0.717) is 36.0 Å². The molecule has 0 saturated carbocycles. The van der Waals surface area contributed by atoms with Gasteiger partial charge in [0.2, 0.25) is 0 Å². The third-order valence-electron chi connectivity index (χ3n) is 2.11. The van der Waals surface area contributed by atoms with Crippen LogP contribution in [-0.2, 0) is 4.79 Å². The second-order valence-corrected chi connectivity index (χ2v) is 3.66. The first kappa shape index (κ1) is 13.6. The molecule has 0 heterocycles. The summed E-state index contributed by atoms with van der Waals surface area (Å²) in [7, 11) is 3.06. The number of alkyl halides is 1. The van der Waals surface area contributed by atoms with Gasteiger partial charge in [-0.2, -0.15) is 0 Å². The molecule has 0 atom stereocenters. The predicted octanol–water partition coefficient (Wildman–Crippen LogP) is 2.63. The van der Waals surface area contributed by atoms with Crippen molar-refractivity contribution in [2.45, 2.75) is 12.8 Å². The van der Waals surface area contributed by atoms with Gasteiger partial charge in [-0.05, 0) is 18.6 Å². The van der Waals surface area contributed by atoms with Gasteiger partial charge in [0, 0.05) is 18.4 Å². The van der Waals surface area contributed by atoms with Crippen molar-refractivity contribution in [1.82, 2.24) is 0 Å². The Morgan fingerprint density at radius 2 is 2.00 bits per heavy atom. The van der Waals surface area contributed by atoms with Crippen molar-refractivity contribution in [3.63, 3.8) is 0 Å². The number of ether oxygens (including phenoxy) is 3. The molecule has 0 aliphatic heterocycles. The highest BCUT2D eigenvalue weighted by atomic mass is 35.5. The molecule has 1 aromatic carbocycles. The number of carbonyl (C=O) groups is 1. The van der Waals surface area contributed by atoms with Crippen LogP contribution in [0.4, 0.5) is 0 Å². The molecule has 0 unspecified atom stereocenters. The zero-order chi connectivity index (χ0) is 12.7. The van der Waals surface area contributed by atoms with Crippen molar-refractivity contribution in [2.24, 2.45) is 0 Å². The Labute approximate surface area is 105 Å². The highest BCUT2D eigenvalue weighted by molar-refractivity contribution is 6.17. The summed E-state index contributed by atoms with van der Waals surface area (Å²) in [4.78, 5) is 11.4. The van der Waals surface area contributed by atoms with Crippen LogP contribution in [0.15, 0.2) is 18.2 Å². The van der Waals surface area contributed by atoms with Gasteiger partial charge in [0.15, 0.2) is 11.5 Å². The Morgan fingerprint density at radius 1 is 1.24 bits per heavy atom. The number of benzene rings is 1. The van der Waals surface area contributed by atoms with Crippen LogP contribution < -0.4 is 14.2 Å². The lowest BCUT2D eigenvalue weighted by molar-refractivity contribution is -0.134. The minimum Gasteiger partial charge on any atom is -0.497 e. The molecule has 1 rings (SSSR count). The molecule has 0 amide bonds. The van der Waals surface area contributed by atoms with Gasteiger partial charge < -0.3 is 14.2 Å². The van der Waals surface area contributed by atoms with Crippen LogP contribution in [0.25, 0.3) is 0 Å². The summed E-state index contributed by atoms with van der Waals surface area (Å²) in [5.41, 5.74) is 0. The fourth-order valence-electron chi connectivity index (χ4n) is 1.24. The zero-order valence-corrected chi connectivity index (χ0v) is 10.6. The fourth-order valence-corrected chi connectivity index (χ4v) is 1.38. The summed E-state index contributed by atoms with van der Waals surface area (Å²) in [6, 6.07) is 4.99. The topological polar surface area (TPSA) is 44.8 Å². The van der Waals surface area contributed by atoms with E-state index in [1.54, 1.807) is 25.3 Å². The van der Waals surface area contributed by atoms with E-state index in [1.165, 1.54) is 7.11 Å². The van der Waals surface area contributed by atoms with Crippen LogP contribution >= 0.6 is 11.6 Å². The van der Waals surface area contributed by atoms with Crippen molar-refractivity contribution in [3.05, 3.63) is 18.2 Å². The maximum Gasteiger partial charge on any atom is 0.311 e. The Hall–Kier alpha value is -1.42. The van der Waals surface area contributed by atoms with Gasteiger partial charge in [-0.3, -0.25) is 4.79 Å². The molecule has 0 spiro atoms. The molecule has 0 aliphatic rings. The Balaban J connectivity index is 2.73. The van der Waals surface area contributed by atoms with Crippen molar-refractivity contribution in [1.29, 1.82) is 0 Å². The van der Waals surface area contributed by atoms with E-state index in [4.69, 9.17) is 25.8 Å². The first-order valence-electron chi connectivity index (χ1n) is 5.20. The molecule has 94 valence electrons. The minimum atomic E-state index is -0.325. The molecular weight excluding hydrogens is 244 g/mol. The fraction of sp³-hybridized carbons (Fsp3) is 0.417. The lowest BCUT2D eigenvalue weighted by Crippen LogP contribution is -2.08. The average molecular weight is 259 g/mol. The first-order chi connectivity index (χ1) is 8.21. The van der Waals surface area contributed by atoms with Crippen molar-refractivity contribution in [3.8, 4) is 17.2 Å². The van der Waals surface area contributed by atoms with Crippen molar-refractivity contribution < 1.29 is 19.0 Å². The van der Waals surface area contributed by atoms with Gasteiger partial charge in [0.05, 0.1) is 14.2 Å². The summed E-state index contributed by atoms with van der Waals surface area (Å²) >= 11 is 5.50. The third-order valence-corrected chi connectivity index (χ3v) is 2.38. The lowest BCUT2D eigenvalue weighted by Gasteiger charge is -2.10. The van der Waals surface area contributed by atoms with E-state index in [0.717, 1.165) is 0 Å². The molecular formula is C12H15ClO4. The summed E-state index contributed by atoms with van der Waals surface area (Å²) in [6.45, 7) is 0. The SMILES string of the molecule is COc1ccc(OC(=O)CCCCl)c(OC)c1. The Bertz CT molecular complexity index is 379. The second-order valence-electron chi connectivity index (χ2n) is 3.28. The van der Waals surface area contributed by atoms with E-state index in [-0.39, 0.29) is 5.97 Å². The van der Waals surface area contributed by atoms with Crippen LogP contribution in [0, 0.1) is 0 Å². The standard InChI is InChI=1S/C12H15ClO4/c1-15-9-5-6-10(11(8-9)16-2)17-12(14)4-3-7-13/h5-6,8H,3-4,7H2,1-2H3. The largest absolute Gasteiger partial charge is 0.497 e. The van der Waals surface area contributed by atoms with Gasteiger partial charge in [0.25, 0.3) is 0 Å². The highest BCUT2D eigenvalue weighted by Crippen LogP contribution is 2.31. The van der Waals surface area contributed by atoms with Gasteiger partial charge in [-0.1, -0.05) is 0 Å². The molecule has 0 fully saturated rings. The number of carbonyl (C=O) groups excluding carboxylic acids is 1. The molecule has 4 nitrogen and oxygen atoms in total. The number of esters is 1. The van der Waals surface area contributed by atoms with E-state index < -0.39 is 0 Å². The maximum atomic E-state index is 11.4. The molecule has 1 aromatic rings. The van der Waals surface area contributed by atoms with Gasteiger partial charge in [-0.15, -0.1) is 11.6 Å². The number of rotatable bonds is 6. The normalized spacial score (nSPS) is 9.82. The number of halogens is 1. The Morgan fingerprint density at radius 3 is 2.59 bits per heavy atom. The van der Waals surface area contributed by atoms with Crippen LogP contribution in [0.3, 0.4) is 0 Å². The minimum absolute atomic E-state index is 0.290. The maximum absolute atomic E-state index is 11.4. The van der Waals surface area contributed by atoms with E-state index in [9.17, 15) is 4.79 Å². The summed E-state index contributed by atoms with van der Waals surface area (Å²) < 4.78 is 15.3. The average Bonchev–Trinajstić information content (AvgIpc) is 2.36. The zero-order valence-electron chi connectivity index (χ0n) is 9.86. The number of methoxy groups -OCH3 is 2. The smallest absolute Gasteiger partial charge is 0.311 e. The summed E-state index contributed by atoms with van der Waals surface area (Å²) in [5, 5.41) is 0. The molecule has 0 saturated heterocycles. The van der Waals surface area contributed by atoms with E-state index in [2.05, 4.69) is 0 Å². The third kappa shape index (κ3) is 4.15. The van der Waals surface area contributed by atoms with Gasteiger partial charge in [0.1, 0.15) is 5.75 Å². The van der Waals surface area contributed by atoms with E-state index in [1.807, 2.05) is 0 Å². The summed E-state index contributed by atoms with van der Waals surface area (Å²) in [6.07, 6.45) is 0.886.